The number of nitrogens with one attached hydrogen (secondary N) is 1. The number of ether oxygens (including phenoxy) is 1. The Kier molecular flexibility index (Phi) is 6.27. The van der Waals surface area contributed by atoms with Gasteiger partial charge >= 0.3 is 6.03 Å². The Labute approximate surface area is 206 Å². The minimum Gasteiger partial charge on any atom is -0.497 e. The van der Waals surface area contributed by atoms with Crippen molar-refractivity contribution in [3.63, 3.8) is 0 Å². The molecule has 6 nitrogen and oxygen atoms in total. The molecule has 0 fully saturated rings. The maximum Gasteiger partial charge on any atom is 0.322 e. The predicted molar refractivity (Wildman–Crippen MR) is 140 cm³/mol. The van der Waals surface area contributed by atoms with Crippen LogP contribution in [-0.2, 0) is 0 Å². The number of carbonyl (C=O) groups excluding carboxylic acids is 1. The van der Waals surface area contributed by atoms with E-state index in [1.165, 1.54) is 0 Å². The molecule has 178 valence electrons. The quantitative estimate of drug-likeness (QED) is 0.480. The van der Waals surface area contributed by atoms with Gasteiger partial charge in [0.1, 0.15) is 5.75 Å². The maximum atomic E-state index is 12.9. The number of methoxy groups -OCH3 is 1. The topological polar surface area (TPSA) is 57.2 Å². The van der Waals surface area contributed by atoms with E-state index in [0.29, 0.717) is 6.54 Å². The molecule has 0 aliphatic carbocycles. The van der Waals surface area contributed by atoms with Gasteiger partial charge in [0.15, 0.2) is 0 Å². The second-order valence-electron chi connectivity index (χ2n) is 8.76. The van der Waals surface area contributed by atoms with Gasteiger partial charge in [-0.15, -0.1) is 0 Å². The standard InChI is InChI=1S/C29H30N4O2/c1-4-32-20(2)27(28(30-29(32)34)22-11-7-5-8-12-22)25-19-26(21-15-17-24(35-3)18-16-21)33(31-25)23-13-9-6-10-14-23/h5-18,26,28H,4,19H2,1-3H3,(H,30,34). The first kappa shape index (κ1) is 22.7. The predicted octanol–water partition coefficient (Wildman–Crippen LogP) is 6.06. The molecule has 5 rings (SSSR count). The number of hydrazone groups is 1. The van der Waals surface area contributed by atoms with Crippen molar-refractivity contribution in [3.05, 3.63) is 107 Å². The molecule has 2 heterocycles. The SMILES string of the molecule is CCN1C(=O)NC(c2ccccc2)C(C2=NN(c3ccccc3)C(c3ccc(OC)cc3)C2)=C1C. The van der Waals surface area contributed by atoms with Gasteiger partial charge in [0.25, 0.3) is 0 Å². The lowest BCUT2D eigenvalue weighted by Gasteiger charge is -2.36. The number of carbonyl (C=O) groups is 1. The fourth-order valence-corrected chi connectivity index (χ4v) is 5.01. The van der Waals surface area contributed by atoms with Crippen LogP contribution in [0.5, 0.6) is 5.75 Å². The number of hydrogen-bond acceptors (Lipinski definition) is 4. The lowest BCUT2D eigenvalue weighted by molar-refractivity contribution is 0.205. The number of hydrogen-bond donors (Lipinski definition) is 1. The van der Waals surface area contributed by atoms with Gasteiger partial charge in [-0.25, -0.2) is 4.79 Å². The molecule has 1 N–H and O–H groups in total. The number of benzene rings is 3. The van der Waals surface area contributed by atoms with Crippen molar-refractivity contribution in [2.45, 2.75) is 32.4 Å². The Hall–Kier alpha value is -4.06. The third kappa shape index (κ3) is 4.28. The Morgan fingerprint density at radius 1 is 0.943 bits per heavy atom. The summed E-state index contributed by atoms with van der Waals surface area (Å²) in [6.07, 6.45) is 0.727. The first-order chi connectivity index (χ1) is 17.1. The fourth-order valence-electron chi connectivity index (χ4n) is 5.01. The Bertz CT molecular complexity index is 1250. The number of para-hydroxylation sites is 1. The van der Waals surface area contributed by atoms with Crippen LogP contribution in [0.1, 0.15) is 43.5 Å². The highest BCUT2D eigenvalue weighted by Gasteiger charge is 2.38. The monoisotopic (exact) mass is 466 g/mol. The number of nitrogens with zero attached hydrogens (tertiary/aromatic N) is 3. The van der Waals surface area contributed by atoms with E-state index >= 15 is 0 Å². The molecule has 2 aliphatic heterocycles. The molecule has 35 heavy (non-hydrogen) atoms. The molecular weight excluding hydrogens is 436 g/mol. The van der Waals surface area contributed by atoms with Crippen molar-refractivity contribution >= 4 is 17.4 Å². The maximum absolute atomic E-state index is 12.9. The lowest BCUT2D eigenvalue weighted by atomic mass is 9.88. The first-order valence-electron chi connectivity index (χ1n) is 12.0. The third-order valence-corrected chi connectivity index (χ3v) is 6.79. The Morgan fingerprint density at radius 2 is 1.60 bits per heavy atom. The first-order valence-corrected chi connectivity index (χ1v) is 12.0. The molecule has 3 aromatic carbocycles. The number of amides is 2. The van der Waals surface area contributed by atoms with E-state index in [9.17, 15) is 4.79 Å². The summed E-state index contributed by atoms with van der Waals surface area (Å²) in [5.41, 5.74) is 6.24. The van der Waals surface area contributed by atoms with Gasteiger partial charge in [-0.2, -0.15) is 5.10 Å². The van der Waals surface area contributed by atoms with Crippen LogP contribution in [-0.4, -0.2) is 30.3 Å². The van der Waals surface area contributed by atoms with E-state index < -0.39 is 0 Å². The van der Waals surface area contributed by atoms with Crippen LogP contribution >= 0.6 is 0 Å². The zero-order valence-corrected chi connectivity index (χ0v) is 20.3. The van der Waals surface area contributed by atoms with Crippen molar-refractivity contribution in [3.8, 4) is 5.75 Å². The van der Waals surface area contributed by atoms with Crippen molar-refractivity contribution in [1.29, 1.82) is 0 Å². The van der Waals surface area contributed by atoms with E-state index in [1.807, 2.05) is 62.4 Å². The van der Waals surface area contributed by atoms with Crippen LogP contribution in [0.2, 0.25) is 0 Å². The summed E-state index contributed by atoms with van der Waals surface area (Å²) in [6.45, 7) is 4.63. The minimum atomic E-state index is -0.252. The average molecular weight is 467 g/mol. The molecule has 3 aromatic rings. The van der Waals surface area contributed by atoms with Crippen LogP contribution in [0.25, 0.3) is 0 Å². The zero-order valence-electron chi connectivity index (χ0n) is 20.3. The van der Waals surface area contributed by atoms with Crippen LogP contribution in [0.3, 0.4) is 0 Å². The molecule has 2 aliphatic rings. The molecule has 0 saturated carbocycles. The van der Waals surface area contributed by atoms with Gasteiger partial charge in [-0.3, -0.25) is 9.91 Å². The van der Waals surface area contributed by atoms with Crippen molar-refractivity contribution in [2.75, 3.05) is 18.7 Å². The fraction of sp³-hybridized carbons (Fsp3) is 0.241. The van der Waals surface area contributed by atoms with E-state index in [4.69, 9.17) is 9.84 Å². The summed E-state index contributed by atoms with van der Waals surface area (Å²) >= 11 is 0. The van der Waals surface area contributed by atoms with Gasteiger partial charge < -0.3 is 10.1 Å². The number of anilines is 1. The molecule has 0 aromatic heterocycles. The minimum absolute atomic E-state index is 0.0303. The normalized spacial score (nSPS) is 20.1. The average Bonchev–Trinajstić information content (AvgIpc) is 3.34. The van der Waals surface area contributed by atoms with Gasteiger partial charge in [0.05, 0.1) is 30.6 Å². The molecule has 2 unspecified atom stereocenters. The van der Waals surface area contributed by atoms with Crippen LogP contribution < -0.4 is 15.1 Å². The Morgan fingerprint density at radius 3 is 2.23 bits per heavy atom. The van der Waals surface area contributed by atoms with E-state index in [-0.39, 0.29) is 18.1 Å². The molecule has 0 radical (unpaired) electrons. The summed E-state index contributed by atoms with van der Waals surface area (Å²) in [4.78, 5) is 14.7. The van der Waals surface area contributed by atoms with Crippen LogP contribution in [0.4, 0.5) is 10.5 Å². The van der Waals surface area contributed by atoms with E-state index in [1.54, 1.807) is 12.0 Å². The molecular formula is C29H30N4O2. The van der Waals surface area contributed by atoms with E-state index in [2.05, 4.69) is 46.7 Å². The zero-order chi connectivity index (χ0) is 24.4. The Balaban J connectivity index is 1.61. The van der Waals surface area contributed by atoms with Gasteiger partial charge in [0.2, 0.25) is 0 Å². The molecule has 2 amide bonds. The van der Waals surface area contributed by atoms with Crippen LogP contribution in [0, 0.1) is 0 Å². The second-order valence-corrected chi connectivity index (χ2v) is 8.76. The van der Waals surface area contributed by atoms with E-state index in [0.717, 1.165) is 46.0 Å². The van der Waals surface area contributed by atoms with Crippen molar-refractivity contribution < 1.29 is 9.53 Å². The highest BCUT2D eigenvalue weighted by atomic mass is 16.5. The summed E-state index contributed by atoms with van der Waals surface area (Å²) in [7, 11) is 1.68. The second kappa shape index (κ2) is 9.66. The van der Waals surface area contributed by atoms with Crippen molar-refractivity contribution in [2.24, 2.45) is 5.10 Å². The molecule has 0 saturated heterocycles. The number of urea groups is 1. The lowest BCUT2D eigenvalue weighted by Crippen LogP contribution is -2.47. The highest BCUT2D eigenvalue weighted by molar-refractivity contribution is 6.06. The van der Waals surface area contributed by atoms with Gasteiger partial charge in [-0.1, -0.05) is 60.7 Å². The highest BCUT2D eigenvalue weighted by Crippen LogP contribution is 2.41. The number of allylic oxidation sites excluding steroid dienone is 1. The van der Waals surface area contributed by atoms with Gasteiger partial charge in [-0.05, 0) is 49.2 Å². The van der Waals surface area contributed by atoms with Crippen molar-refractivity contribution in [1.82, 2.24) is 10.2 Å². The summed E-state index contributed by atoms with van der Waals surface area (Å²) in [6, 6.07) is 28.3. The smallest absolute Gasteiger partial charge is 0.322 e. The molecule has 0 bridgehead atoms. The van der Waals surface area contributed by atoms with Gasteiger partial charge in [0, 0.05) is 24.2 Å². The molecule has 2 atom stereocenters. The summed E-state index contributed by atoms with van der Waals surface area (Å²) in [5, 5.41) is 10.5. The summed E-state index contributed by atoms with van der Waals surface area (Å²) < 4.78 is 5.38. The summed E-state index contributed by atoms with van der Waals surface area (Å²) in [5.74, 6) is 0.829. The molecule has 6 heteroatoms. The largest absolute Gasteiger partial charge is 0.497 e. The number of rotatable bonds is 6. The third-order valence-electron chi connectivity index (χ3n) is 6.79. The van der Waals surface area contributed by atoms with Crippen LogP contribution in [0.15, 0.2) is 101 Å². The molecule has 0 spiro atoms.